The Balaban J connectivity index is 1.49. The molecule has 2 aromatic carbocycles. The first-order chi connectivity index (χ1) is 15.5. The number of carbonyl (C=O) groups is 2. The van der Waals surface area contributed by atoms with Gasteiger partial charge in [-0.2, -0.15) is 4.99 Å². The summed E-state index contributed by atoms with van der Waals surface area (Å²) in [6.45, 7) is 3.67. The third kappa shape index (κ3) is 5.57. The molecule has 1 saturated heterocycles. The van der Waals surface area contributed by atoms with Crippen LogP contribution in [0.3, 0.4) is 0 Å². The number of hydrogen-bond donors (Lipinski definition) is 1. The van der Waals surface area contributed by atoms with Crippen LogP contribution in [0.15, 0.2) is 59.7 Å². The standard InChI is InChI=1S/C24H24FN3O3S/c1-16-14-28(24(32-16)27-23(30)18-7-9-20(25)10-8-18)15-17-4-2-5-19(12-17)22(29)26-13-21-6-3-11-31-21/h2,4-5,7-10,12,14,21H,3,6,11,13,15H2,1H3,(H,26,29)/t21-/m0/s1. The summed E-state index contributed by atoms with van der Waals surface area (Å²) in [6.07, 6.45) is 4.02. The number of carbonyl (C=O) groups excluding carboxylic acids is 2. The van der Waals surface area contributed by atoms with Gasteiger partial charge in [0.25, 0.3) is 11.8 Å². The maximum absolute atomic E-state index is 13.1. The van der Waals surface area contributed by atoms with Crippen molar-refractivity contribution in [2.45, 2.75) is 32.4 Å². The Bertz CT molecular complexity index is 1180. The molecule has 1 N–H and O–H groups in total. The number of thiazole rings is 1. The number of benzene rings is 2. The first-order valence-corrected chi connectivity index (χ1v) is 11.3. The molecule has 1 aliphatic rings. The van der Waals surface area contributed by atoms with Crippen LogP contribution in [0.5, 0.6) is 0 Å². The molecule has 1 aromatic heterocycles. The molecule has 0 spiro atoms. The number of nitrogens with zero attached hydrogens (tertiary/aromatic N) is 2. The fourth-order valence-corrected chi connectivity index (χ4v) is 4.40. The number of amides is 2. The summed E-state index contributed by atoms with van der Waals surface area (Å²) >= 11 is 1.40. The molecule has 1 fully saturated rings. The molecule has 0 unspecified atom stereocenters. The van der Waals surface area contributed by atoms with Crippen LogP contribution in [0.2, 0.25) is 0 Å². The molecule has 0 radical (unpaired) electrons. The second-order valence-corrected chi connectivity index (χ2v) is 8.93. The molecule has 0 bridgehead atoms. The summed E-state index contributed by atoms with van der Waals surface area (Å²) in [5, 5.41) is 2.94. The van der Waals surface area contributed by atoms with E-state index in [4.69, 9.17) is 4.74 Å². The highest BCUT2D eigenvalue weighted by Gasteiger charge is 2.17. The van der Waals surface area contributed by atoms with E-state index in [2.05, 4.69) is 10.3 Å². The zero-order valence-corrected chi connectivity index (χ0v) is 18.5. The Kier molecular flexibility index (Phi) is 6.92. The highest BCUT2D eigenvalue weighted by molar-refractivity contribution is 7.09. The lowest BCUT2D eigenvalue weighted by Gasteiger charge is -2.11. The molecule has 1 atom stereocenters. The smallest absolute Gasteiger partial charge is 0.279 e. The molecule has 2 heterocycles. The monoisotopic (exact) mass is 453 g/mol. The van der Waals surface area contributed by atoms with Crippen LogP contribution in [0.4, 0.5) is 4.39 Å². The quantitative estimate of drug-likeness (QED) is 0.619. The second-order valence-electron chi connectivity index (χ2n) is 7.72. The number of aromatic nitrogens is 1. The van der Waals surface area contributed by atoms with Crippen LogP contribution in [-0.4, -0.2) is 35.6 Å². The van der Waals surface area contributed by atoms with E-state index in [1.807, 2.05) is 35.9 Å². The summed E-state index contributed by atoms with van der Waals surface area (Å²) in [7, 11) is 0. The number of halogens is 1. The van der Waals surface area contributed by atoms with E-state index in [9.17, 15) is 14.0 Å². The Morgan fingerprint density at radius 2 is 2.03 bits per heavy atom. The lowest BCUT2D eigenvalue weighted by atomic mass is 10.1. The van der Waals surface area contributed by atoms with Gasteiger partial charge in [0, 0.05) is 41.9 Å². The van der Waals surface area contributed by atoms with Crippen molar-refractivity contribution in [3.8, 4) is 0 Å². The third-order valence-corrected chi connectivity index (χ3v) is 6.12. The van der Waals surface area contributed by atoms with Gasteiger partial charge in [0.05, 0.1) is 6.10 Å². The predicted octanol–water partition coefficient (Wildman–Crippen LogP) is 3.70. The molecule has 166 valence electrons. The minimum Gasteiger partial charge on any atom is -0.376 e. The second kappa shape index (κ2) is 10.0. The van der Waals surface area contributed by atoms with Crippen molar-refractivity contribution in [2.24, 2.45) is 4.99 Å². The van der Waals surface area contributed by atoms with Crippen LogP contribution < -0.4 is 10.1 Å². The van der Waals surface area contributed by atoms with Crippen molar-refractivity contribution in [3.63, 3.8) is 0 Å². The van der Waals surface area contributed by atoms with Crippen LogP contribution >= 0.6 is 11.3 Å². The molecule has 0 saturated carbocycles. The van der Waals surface area contributed by atoms with Crippen LogP contribution in [0, 0.1) is 12.7 Å². The van der Waals surface area contributed by atoms with Gasteiger partial charge in [-0.05, 0) is 61.7 Å². The fraction of sp³-hybridized carbons (Fsp3) is 0.292. The van der Waals surface area contributed by atoms with Gasteiger partial charge in [0.2, 0.25) is 0 Å². The van der Waals surface area contributed by atoms with Gasteiger partial charge < -0.3 is 14.6 Å². The molecular weight excluding hydrogens is 429 g/mol. The third-order valence-electron chi connectivity index (χ3n) is 5.18. The lowest BCUT2D eigenvalue weighted by Crippen LogP contribution is -2.31. The largest absolute Gasteiger partial charge is 0.376 e. The van der Waals surface area contributed by atoms with Crippen LogP contribution in [0.1, 0.15) is 44.0 Å². The van der Waals surface area contributed by atoms with Gasteiger partial charge in [0.1, 0.15) is 5.82 Å². The average Bonchev–Trinajstić information content (AvgIpc) is 3.42. The number of nitrogens with one attached hydrogen (secondary N) is 1. The van der Waals surface area contributed by atoms with E-state index in [0.29, 0.717) is 29.0 Å². The van der Waals surface area contributed by atoms with Gasteiger partial charge in [-0.25, -0.2) is 4.39 Å². The van der Waals surface area contributed by atoms with Gasteiger partial charge in [-0.1, -0.05) is 12.1 Å². The fourth-order valence-electron chi connectivity index (χ4n) is 3.57. The summed E-state index contributed by atoms with van der Waals surface area (Å²) < 4.78 is 20.6. The van der Waals surface area contributed by atoms with E-state index in [1.54, 1.807) is 6.07 Å². The molecular formula is C24H24FN3O3S. The van der Waals surface area contributed by atoms with E-state index in [0.717, 1.165) is 29.9 Å². The molecule has 3 aromatic rings. The van der Waals surface area contributed by atoms with Crippen LogP contribution in [-0.2, 0) is 11.3 Å². The molecule has 4 rings (SSSR count). The Labute approximate surface area is 189 Å². The number of ether oxygens (including phenoxy) is 1. The van der Waals surface area contributed by atoms with E-state index >= 15 is 0 Å². The number of aryl methyl sites for hydroxylation is 1. The summed E-state index contributed by atoms with van der Waals surface area (Å²) in [4.78, 5) is 30.8. The SMILES string of the molecule is Cc1cn(Cc2cccc(C(=O)NC[C@@H]3CCCO3)c2)c(=NC(=O)c2ccc(F)cc2)s1. The zero-order valence-electron chi connectivity index (χ0n) is 17.7. The van der Waals surface area contributed by atoms with Gasteiger partial charge >= 0.3 is 0 Å². The topological polar surface area (TPSA) is 72.7 Å². The number of rotatable bonds is 6. The van der Waals surface area contributed by atoms with Crippen molar-refractivity contribution < 1.29 is 18.7 Å². The van der Waals surface area contributed by atoms with E-state index < -0.39 is 11.7 Å². The molecule has 6 nitrogen and oxygen atoms in total. The zero-order chi connectivity index (χ0) is 22.5. The first kappa shape index (κ1) is 22.1. The first-order valence-electron chi connectivity index (χ1n) is 10.5. The van der Waals surface area contributed by atoms with Gasteiger partial charge in [0.15, 0.2) is 4.80 Å². The Morgan fingerprint density at radius 3 is 2.78 bits per heavy atom. The van der Waals surface area contributed by atoms with Crippen molar-refractivity contribution in [1.29, 1.82) is 0 Å². The highest BCUT2D eigenvalue weighted by Crippen LogP contribution is 2.12. The minimum atomic E-state index is -0.428. The van der Waals surface area contributed by atoms with E-state index in [1.165, 1.54) is 35.6 Å². The highest BCUT2D eigenvalue weighted by atomic mass is 32.1. The van der Waals surface area contributed by atoms with Crippen molar-refractivity contribution >= 4 is 23.2 Å². The van der Waals surface area contributed by atoms with E-state index in [-0.39, 0.29) is 12.0 Å². The molecule has 32 heavy (non-hydrogen) atoms. The number of hydrogen-bond acceptors (Lipinski definition) is 4. The van der Waals surface area contributed by atoms with Crippen molar-refractivity contribution in [1.82, 2.24) is 9.88 Å². The summed E-state index contributed by atoms with van der Waals surface area (Å²) in [5.74, 6) is -0.962. The van der Waals surface area contributed by atoms with Crippen molar-refractivity contribution in [3.05, 3.63) is 86.9 Å². The normalized spacial score (nSPS) is 16.3. The Morgan fingerprint density at radius 1 is 1.22 bits per heavy atom. The molecule has 1 aliphatic heterocycles. The minimum absolute atomic E-state index is 0.0919. The lowest BCUT2D eigenvalue weighted by molar-refractivity contribution is 0.0857. The van der Waals surface area contributed by atoms with Crippen LogP contribution in [0.25, 0.3) is 0 Å². The van der Waals surface area contributed by atoms with Crippen molar-refractivity contribution in [2.75, 3.05) is 13.2 Å². The predicted molar refractivity (Wildman–Crippen MR) is 120 cm³/mol. The summed E-state index contributed by atoms with van der Waals surface area (Å²) in [5.41, 5.74) is 1.83. The average molecular weight is 454 g/mol. The Hall–Kier alpha value is -3.10. The van der Waals surface area contributed by atoms with Gasteiger partial charge in [-0.3, -0.25) is 9.59 Å². The molecule has 0 aliphatic carbocycles. The maximum atomic E-state index is 13.1. The van der Waals surface area contributed by atoms with Gasteiger partial charge in [-0.15, -0.1) is 11.3 Å². The molecule has 8 heteroatoms. The summed E-state index contributed by atoms with van der Waals surface area (Å²) in [6, 6.07) is 12.7. The molecule has 2 amide bonds. The maximum Gasteiger partial charge on any atom is 0.279 e.